The summed E-state index contributed by atoms with van der Waals surface area (Å²) in [6.07, 6.45) is 7.42. The van der Waals surface area contributed by atoms with Crippen LogP contribution < -0.4 is 21.9 Å². The van der Waals surface area contributed by atoms with Crippen LogP contribution in [0.25, 0.3) is 6.08 Å². The fraction of sp³-hybridized carbons (Fsp3) is 0.389. The number of ether oxygens (including phenoxy) is 1. The van der Waals surface area contributed by atoms with Gasteiger partial charge in [-0.2, -0.15) is 16.8 Å². The van der Waals surface area contributed by atoms with Crippen LogP contribution in [0, 0.1) is 5.41 Å². The molecule has 1 rings (SSSR count). The van der Waals surface area contributed by atoms with Crippen LogP contribution in [0.5, 0.6) is 5.75 Å². The molecule has 1 aromatic carbocycles. The van der Waals surface area contributed by atoms with Crippen molar-refractivity contribution in [3.63, 3.8) is 0 Å². The van der Waals surface area contributed by atoms with Crippen molar-refractivity contribution in [2.45, 2.75) is 25.7 Å². The summed E-state index contributed by atoms with van der Waals surface area (Å²) in [6.45, 7) is 0.576. The Kier molecular flexibility index (Phi) is 16.2. The number of carbonyl (C=O) groups excluding carboxylic acids is 1. The van der Waals surface area contributed by atoms with Gasteiger partial charge >= 0.3 is 5.97 Å². The smallest absolute Gasteiger partial charge is 0.311 e. The molecular weight excluding hydrogens is 478 g/mol. The minimum Gasteiger partial charge on any atom is -0.427 e. The number of nitrogens with zero attached hydrogens (tertiary/aromatic N) is 1. The monoisotopic (exact) mass is 509 g/mol. The van der Waals surface area contributed by atoms with Crippen LogP contribution in [0.2, 0.25) is 0 Å². The lowest BCUT2D eigenvalue weighted by Gasteiger charge is -2.04. The van der Waals surface area contributed by atoms with Gasteiger partial charge in [-0.15, -0.1) is 0 Å². The molecule has 33 heavy (non-hydrogen) atoms. The summed E-state index contributed by atoms with van der Waals surface area (Å²) in [5.41, 5.74) is 16.5. The number of esters is 1. The molecule has 0 amide bonds. The minimum atomic E-state index is -3.67. The van der Waals surface area contributed by atoms with Crippen molar-refractivity contribution in [3.05, 3.63) is 35.9 Å². The van der Waals surface area contributed by atoms with Gasteiger partial charge in [-0.3, -0.25) is 24.3 Å². The lowest BCUT2D eigenvalue weighted by atomic mass is 10.2. The van der Waals surface area contributed by atoms with Gasteiger partial charge in [0.2, 0.25) is 0 Å². The third-order valence-electron chi connectivity index (χ3n) is 2.90. The average Bonchev–Trinajstić information content (AvgIpc) is 2.61. The summed E-state index contributed by atoms with van der Waals surface area (Å²) in [6, 6.07) is 6.99. The van der Waals surface area contributed by atoms with Crippen LogP contribution in [0.15, 0.2) is 35.3 Å². The zero-order chi connectivity index (χ0) is 26.1. The van der Waals surface area contributed by atoms with E-state index in [4.69, 9.17) is 36.5 Å². The Balaban J connectivity index is 0. The molecule has 15 heteroatoms. The van der Waals surface area contributed by atoms with Crippen LogP contribution >= 0.6 is 0 Å². The van der Waals surface area contributed by atoms with E-state index in [1.165, 1.54) is 6.08 Å². The van der Waals surface area contributed by atoms with E-state index in [1.807, 2.05) is 0 Å². The largest absolute Gasteiger partial charge is 0.427 e. The van der Waals surface area contributed by atoms with Crippen molar-refractivity contribution in [1.82, 2.24) is 0 Å². The van der Waals surface area contributed by atoms with E-state index in [0.29, 0.717) is 31.2 Å². The maximum Gasteiger partial charge on any atom is 0.311 e. The van der Waals surface area contributed by atoms with Gasteiger partial charge in [-0.1, -0.05) is 24.6 Å². The number of guanidine groups is 1. The minimum absolute atomic E-state index is 0.0136. The fourth-order valence-electron chi connectivity index (χ4n) is 1.78. The van der Waals surface area contributed by atoms with Crippen molar-refractivity contribution < 1.29 is 35.5 Å². The third-order valence-corrected chi connectivity index (χ3v) is 2.90. The first-order valence-electron chi connectivity index (χ1n) is 9.20. The zero-order valence-corrected chi connectivity index (χ0v) is 20.0. The topological polar surface area (TPSA) is 249 Å². The van der Waals surface area contributed by atoms with Gasteiger partial charge in [0.15, 0.2) is 5.96 Å². The summed E-state index contributed by atoms with van der Waals surface area (Å²) in [4.78, 5) is 15.6. The number of nitrogens with one attached hydrogen (secondary N) is 1. The first-order chi connectivity index (χ1) is 15.0. The maximum atomic E-state index is 11.7. The normalized spacial score (nSPS) is 10.8. The van der Waals surface area contributed by atoms with Crippen LogP contribution in [-0.2, 0) is 25.0 Å². The highest BCUT2D eigenvalue weighted by atomic mass is 32.2. The molecule has 13 nitrogen and oxygen atoms in total. The van der Waals surface area contributed by atoms with Gasteiger partial charge in [-0.25, -0.2) is 0 Å². The number of unbranched alkanes of at least 4 members (excludes halogenated alkanes) is 2. The molecule has 0 aliphatic rings. The summed E-state index contributed by atoms with van der Waals surface area (Å²) in [5, 5.41) is 7.11. The van der Waals surface area contributed by atoms with Gasteiger partial charge in [0.25, 0.3) is 20.2 Å². The molecular formula is C18H31N5O8S2. The van der Waals surface area contributed by atoms with Crippen molar-refractivity contribution in [2.24, 2.45) is 22.2 Å². The molecule has 0 spiro atoms. The van der Waals surface area contributed by atoms with Gasteiger partial charge in [0.05, 0.1) is 12.5 Å². The molecule has 0 saturated heterocycles. The molecule has 0 fully saturated rings. The lowest BCUT2D eigenvalue weighted by molar-refractivity contribution is -0.134. The molecule has 0 aromatic heterocycles. The zero-order valence-electron chi connectivity index (χ0n) is 18.3. The first-order valence-corrected chi connectivity index (χ1v) is 12.9. The van der Waals surface area contributed by atoms with E-state index < -0.39 is 20.2 Å². The van der Waals surface area contributed by atoms with Crippen LogP contribution in [0.1, 0.15) is 31.2 Å². The van der Waals surface area contributed by atoms with Gasteiger partial charge in [0.1, 0.15) is 11.6 Å². The average molecular weight is 510 g/mol. The highest BCUT2D eigenvalue weighted by Crippen LogP contribution is 2.14. The van der Waals surface area contributed by atoms with E-state index >= 15 is 0 Å². The second kappa shape index (κ2) is 16.6. The van der Waals surface area contributed by atoms with E-state index in [2.05, 4.69) is 4.99 Å². The second-order valence-corrected chi connectivity index (χ2v) is 9.35. The molecule has 0 bridgehead atoms. The summed E-state index contributed by atoms with van der Waals surface area (Å²) in [7, 11) is -7.33. The maximum absolute atomic E-state index is 11.7. The fourth-order valence-corrected chi connectivity index (χ4v) is 1.78. The number of amidine groups is 1. The molecule has 0 atom stereocenters. The number of aliphatic imine (C=N–C) groups is 1. The number of rotatable bonds is 9. The molecule has 0 heterocycles. The standard InChI is InChI=1S/C16H23N5O2.2CH4O3S/c17-14(18)10-7-12-5-8-13(9-6-12)23-15(22)4-2-1-3-11-21-16(19)20;2*1-5(2,3)4/h5-10H,1-4,11H2,(H3,17,18)(H4,19,20,21);2*1H3,(H,2,3,4). The molecule has 0 radical (unpaired) electrons. The molecule has 1 aromatic rings. The summed E-state index contributed by atoms with van der Waals surface area (Å²) in [5.74, 6) is 0.306. The van der Waals surface area contributed by atoms with Crippen molar-refractivity contribution >= 4 is 44.1 Å². The number of hydrogen-bond donors (Lipinski definition) is 6. The molecule has 0 aliphatic heterocycles. The number of nitrogens with two attached hydrogens (primary N) is 3. The Bertz CT molecular complexity index is 955. The van der Waals surface area contributed by atoms with Crippen molar-refractivity contribution in [1.29, 1.82) is 5.41 Å². The number of benzene rings is 1. The van der Waals surface area contributed by atoms with Crippen LogP contribution in [0.4, 0.5) is 0 Å². The van der Waals surface area contributed by atoms with Gasteiger partial charge in [-0.05, 0) is 36.6 Å². The Morgan fingerprint density at radius 3 is 1.91 bits per heavy atom. The first kappa shape index (κ1) is 32.2. The Labute approximate surface area is 193 Å². The SMILES string of the molecule is CS(=O)(=O)O.CS(=O)(=O)O.N=C(N)C=Cc1ccc(OC(=O)CCCCCN=C(N)N)cc1. The van der Waals surface area contributed by atoms with Crippen LogP contribution in [-0.4, -0.2) is 62.8 Å². The Morgan fingerprint density at radius 2 is 1.48 bits per heavy atom. The van der Waals surface area contributed by atoms with Gasteiger partial charge < -0.3 is 21.9 Å². The van der Waals surface area contributed by atoms with E-state index in [1.54, 1.807) is 30.3 Å². The highest BCUT2D eigenvalue weighted by Gasteiger charge is 2.04. The summed E-state index contributed by atoms with van der Waals surface area (Å²) < 4.78 is 57.0. The molecule has 0 saturated carbocycles. The summed E-state index contributed by atoms with van der Waals surface area (Å²) >= 11 is 0. The number of carbonyl (C=O) groups is 1. The predicted molar refractivity (Wildman–Crippen MR) is 127 cm³/mol. The van der Waals surface area contributed by atoms with E-state index in [0.717, 1.165) is 24.8 Å². The molecule has 188 valence electrons. The third kappa shape index (κ3) is 33.8. The number of hydrogen-bond acceptors (Lipinski definition) is 8. The van der Waals surface area contributed by atoms with E-state index in [-0.39, 0.29) is 17.8 Å². The molecule has 9 N–H and O–H groups in total. The lowest BCUT2D eigenvalue weighted by Crippen LogP contribution is -2.22. The Hall–Kier alpha value is -3.01. The van der Waals surface area contributed by atoms with Crippen LogP contribution in [0.3, 0.4) is 0 Å². The quantitative estimate of drug-likeness (QED) is 0.0662. The highest BCUT2D eigenvalue weighted by molar-refractivity contribution is 7.85. The van der Waals surface area contributed by atoms with E-state index in [9.17, 15) is 21.6 Å². The Morgan fingerprint density at radius 1 is 1.00 bits per heavy atom. The predicted octanol–water partition coefficient (Wildman–Crippen LogP) is 0.383. The second-order valence-electron chi connectivity index (χ2n) is 6.42. The van der Waals surface area contributed by atoms with Crippen molar-refractivity contribution in [3.8, 4) is 5.75 Å². The van der Waals surface area contributed by atoms with Crippen molar-refractivity contribution in [2.75, 3.05) is 19.1 Å². The van der Waals surface area contributed by atoms with Gasteiger partial charge in [0, 0.05) is 13.0 Å². The molecule has 0 unspecified atom stereocenters. The molecule has 0 aliphatic carbocycles.